The van der Waals surface area contributed by atoms with E-state index in [1.807, 2.05) is 0 Å². The molecular formula is C91H148O17P2. The molecule has 0 rings (SSSR count). The first kappa shape index (κ1) is 104. The van der Waals surface area contributed by atoms with Crippen molar-refractivity contribution in [1.82, 2.24) is 0 Å². The number of phosphoric ester groups is 2. The summed E-state index contributed by atoms with van der Waals surface area (Å²) in [4.78, 5) is 73.2. The van der Waals surface area contributed by atoms with Gasteiger partial charge in [0.1, 0.15) is 19.3 Å². The maximum atomic E-state index is 13.1. The van der Waals surface area contributed by atoms with Gasteiger partial charge in [-0.15, -0.1) is 0 Å². The van der Waals surface area contributed by atoms with E-state index in [1.54, 1.807) is 0 Å². The van der Waals surface area contributed by atoms with Crippen LogP contribution in [0.5, 0.6) is 0 Å². The van der Waals surface area contributed by atoms with Gasteiger partial charge in [-0.3, -0.25) is 37.3 Å². The summed E-state index contributed by atoms with van der Waals surface area (Å²) in [7, 11) is -10.0. The van der Waals surface area contributed by atoms with Crippen LogP contribution in [0.15, 0.2) is 182 Å². The van der Waals surface area contributed by atoms with Gasteiger partial charge < -0.3 is 33.8 Å². The smallest absolute Gasteiger partial charge is 0.462 e. The average molecular weight is 1580 g/mol. The van der Waals surface area contributed by atoms with Crippen LogP contribution in [-0.4, -0.2) is 96.7 Å². The number of carbonyl (C=O) groups is 4. The van der Waals surface area contributed by atoms with Gasteiger partial charge in [0.05, 0.1) is 26.4 Å². The Morgan fingerprint density at radius 3 is 0.736 bits per heavy atom. The number of aliphatic hydroxyl groups excluding tert-OH is 1. The number of ether oxygens (including phenoxy) is 4. The highest BCUT2D eigenvalue weighted by atomic mass is 31.2. The quantitative estimate of drug-likeness (QED) is 0.0169. The van der Waals surface area contributed by atoms with E-state index in [0.29, 0.717) is 25.7 Å². The number of phosphoric acid groups is 2. The normalized spacial score (nSPS) is 14.7. The molecule has 0 aliphatic rings. The van der Waals surface area contributed by atoms with E-state index < -0.39 is 97.5 Å². The summed E-state index contributed by atoms with van der Waals surface area (Å²) in [6, 6.07) is 0. The molecule has 0 amide bonds. The molecule has 0 spiro atoms. The zero-order chi connectivity index (χ0) is 80.3. The van der Waals surface area contributed by atoms with Crippen molar-refractivity contribution in [3.63, 3.8) is 0 Å². The summed E-state index contributed by atoms with van der Waals surface area (Å²) in [5.41, 5.74) is 0. The van der Waals surface area contributed by atoms with E-state index >= 15 is 0 Å². The summed E-state index contributed by atoms with van der Waals surface area (Å²) >= 11 is 0. The highest BCUT2D eigenvalue weighted by Crippen LogP contribution is 2.45. The molecule has 0 saturated carbocycles. The minimum Gasteiger partial charge on any atom is -0.462 e. The van der Waals surface area contributed by atoms with Gasteiger partial charge in [-0.25, -0.2) is 9.13 Å². The molecule has 17 nitrogen and oxygen atoms in total. The fourth-order valence-electron chi connectivity index (χ4n) is 10.6. The van der Waals surface area contributed by atoms with Crippen LogP contribution in [-0.2, 0) is 65.4 Å². The number of carbonyl (C=O) groups excluding carboxylic acids is 4. The molecule has 624 valence electrons. The third-order valence-electron chi connectivity index (χ3n) is 16.8. The standard InChI is InChI=1S/C91H148O17P2/c1-5-9-13-17-21-25-29-33-37-40-42-45-49-52-56-60-64-68-72-76-89(94)102-82-87(108-91(96)78-74-70-66-62-58-54-50-46-43-41-38-34-30-26-22-18-14-10-6-2)84-106-110(99,100)104-80-85(92)79-103-109(97,98)105-83-86(107-90(95)77-73-69-65-61-57-53-47-36-32-28-24-20-16-12-8-4)81-101-88(93)75-71-67-63-59-55-51-48-44-39-35-31-27-23-19-15-11-7-3/h9-11,13-15,21-28,33-39,42-43,45-47,52,54,56,58,85-87,92H,5-8,12,16-20,29-32,40-41,44,48-51,53,55,57,59-84H2,1-4H3,(H,97,98)(H,99,100)/b13-9-,14-10-,15-11-,25-21-,26-22-,27-23-,28-24-,37-33-,38-34-,39-35-,45-42-,46-43-,47-36-,56-52-,58-54-. The molecule has 0 fully saturated rings. The summed E-state index contributed by atoms with van der Waals surface area (Å²) in [6.07, 6.45) is 98.5. The predicted molar refractivity (Wildman–Crippen MR) is 454 cm³/mol. The van der Waals surface area contributed by atoms with E-state index in [2.05, 4.69) is 210 Å². The maximum Gasteiger partial charge on any atom is 0.472 e. The average Bonchev–Trinajstić information content (AvgIpc) is 0.900. The van der Waals surface area contributed by atoms with E-state index in [-0.39, 0.29) is 25.7 Å². The van der Waals surface area contributed by atoms with Crippen molar-refractivity contribution in [1.29, 1.82) is 0 Å². The van der Waals surface area contributed by atoms with Crippen molar-refractivity contribution in [3.8, 4) is 0 Å². The van der Waals surface area contributed by atoms with Gasteiger partial charge in [-0.1, -0.05) is 287 Å². The van der Waals surface area contributed by atoms with Crippen molar-refractivity contribution >= 4 is 39.5 Å². The molecule has 0 aliphatic carbocycles. The second-order valence-corrected chi connectivity index (χ2v) is 30.2. The Morgan fingerprint density at radius 1 is 0.264 bits per heavy atom. The molecule has 0 radical (unpaired) electrons. The van der Waals surface area contributed by atoms with E-state index in [9.17, 15) is 43.2 Å². The predicted octanol–water partition coefficient (Wildman–Crippen LogP) is 25.1. The van der Waals surface area contributed by atoms with Gasteiger partial charge in [0.2, 0.25) is 0 Å². The van der Waals surface area contributed by atoms with Gasteiger partial charge in [-0.05, 0) is 180 Å². The monoisotopic (exact) mass is 1580 g/mol. The van der Waals surface area contributed by atoms with Crippen LogP contribution in [0.1, 0.15) is 310 Å². The van der Waals surface area contributed by atoms with Crippen LogP contribution in [0.2, 0.25) is 0 Å². The Morgan fingerprint density at radius 2 is 0.473 bits per heavy atom. The Hall–Kier alpha value is -5.84. The largest absolute Gasteiger partial charge is 0.472 e. The van der Waals surface area contributed by atoms with Crippen LogP contribution in [0.4, 0.5) is 0 Å². The number of aliphatic hydroxyl groups is 1. The lowest BCUT2D eigenvalue weighted by Gasteiger charge is -2.21. The zero-order valence-electron chi connectivity index (χ0n) is 68.4. The molecule has 0 bridgehead atoms. The van der Waals surface area contributed by atoms with Crippen LogP contribution >= 0.6 is 15.6 Å². The van der Waals surface area contributed by atoms with E-state index in [1.165, 1.54) is 19.3 Å². The number of unbranched alkanes of at least 4 members (excludes halogenated alkanes) is 21. The Labute approximate surface area is 666 Å². The topological polar surface area (TPSA) is 237 Å². The molecule has 0 saturated heterocycles. The van der Waals surface area contributed by atoms with Crippen LogP contribution in [0.3, 0.4) is 0 Å². The second-order valence-electron chi connectivity index (χ2n) is 27.3. The molecule has 5 atom stereocenters. The summed E-state index contributed by atoms with van der Waals surface area (Å²) in [6.45, 7) is 4.41. The van der Waals surface area contributed by atoms with Gasteiger partial charge in [-0.2, -0.15) is 0 Å². The van der Waals surface area contributed by atoms with Crippen molar-refractivity contribution in [3.05, 3.63) is 182 Å². The highest BCUT2D eigenvalue weighted by molar-refractivity contribution is 7.47. The van der Waals surface area contributed by atoms with Gasteiger partial charge in [0, 0.05) is 25.7 Å². The van der Waals surface area contributed by atoms with Crippen LogP contribution < -0.4 is 0 Å². The van der Waals surface area contributed by atoms with Gasteiger partial charge in [0.25, 0.3) is 0 Å². The molecule has 5 unspecified atom stereocenters. The summed E-state index contributed by atoms with van der Waals surface area (Å²) in [5, 5.41) is 10.7. The minimum absolute atomic E-state index is 0.0406. The molecule has 110 heavy (non-hydrogen) atoms. The fourth-order valence-corrected chi connectivity index (χ4v) is 12.1. The maximum absolute atomic E-state index is 13.1. The van der Waals surface area contributed by atoms with E-state index in [4.69, 9.17) is 37.0 Å². The number of allylic oxidation sites excluding steroid dienone is 30. The fraction of sp³-hybridized carbons (Fsp3) is 0.626. The first-order valence-electron chi connectivity index (χ1n) is 42.0. The van der Waals surface area contributed by atoms with Crippen molar-refractivity contribution < 1.29 is 80.2 Å². The Bertz CT molecular complexity index is 2800. The minimum atomic E-state index is -5.01. The molecule has 0 aromatic rings. The summed E-state index contributed by atoms with van der Waals surface area (Å²) < 4.78 is 68.7. The van der Waals surface area contributed by atoms with Crippen molar-refractivity contribution in [2.24, 2.45) is 0 Å². The SMILES string of the molecule is CC/C=C\C/C=C\C/C=C\C/C=C\C/C=C\CCCCCC(=O)OCC(COP(=O)(O)OCC(O)COP(=O)(O)OCC(COC(=O)CCCCCCCCC/C=C\C/C=C\C/C=C\CC)OC(=O)CCCCCCC/C=C\C/C=C\CCCCC)OC(=O)CCCCC/C=C\C/C=C\C/C=C\C/C=C\C/C=C\CC. The highest BCUT2D eigenvalue weighted by Gasteiger charge is 2.30. The number of hydrogen-bond acceptors (Lipinski definition) is 15. The number of esters is 4. The molecule has 0 aromatic carbocycles. The molecule has 19 heteroatoms. The molecule has 0 aliphatic heterocycles. The first-order valence-corrected chi connectivity index (χ1v) is 45.0. The van der Waals surface area contributed by atoms with Gasteiger partial charge >= 0.3 is 39.5 Å². The van der Waals surface area contributed by atoms with E-state index in [0.717, 1.165) is 212 Å². The van der Waals surface area contributed by atoms with Gasteiger partial charge in [0.15, 0.2) is 12.2 Å². The zero-order valence-corrected chi connectivity index (χ0v) is 70.1. The lowest BCUT2D eigenvalue weighted by molar-refractivity contribution is -0.161. The third-order valence-corrected chi connectivity index (χ3v) is 18.7. The number of hydrogen-bond donors (Lipinski definition) is 3. The van der Waals surface area contributed by atoms with Crippen LogP contribution in [0.25, 0.3) is 0 Å². The third kappa shape index (κ3) is 80.2. The lowest BCUT2D eigenvalue weighted by Crippen LogP contribution is -2.30. The molecule has 3 N–H and O–H groups in total. The molecular weight excluding hydrogens is 1430 g/mol. The molecule has 0 aromatic heterocycles. The lowest BCUT2D eigenvalue weighted by atomic mass is 10.1. The molecule has 0 heterocycles. The first-order chi connectivity index (χ1) is 53.7. The Kier molecular flexibility index (Phi) is 76.9. The van der Waals surface area contributed by atoms with Crippen molar-refractivity contribution in [2.75, 3.05) is 39.6 Å². The van der Waals surface area contributed by atoms with Crippen LogP contribution in [0, 0.1) is 0 Å². The Balaban J connectivity index is 5.49. The second kappa shape index (κ2) is 81.2. The van der Waals surface area contributed by atoms with Crippen molar-refractivity contribution in [2.45, 2.75) is 329 Å². The number of rotatable bonds is 77. The summed E-state index contributed by atoms with van der Waals surface area (Å²) in [5.74, 6) is -2.28.